The van der Waals surface area contributed by atoms with Crippen molar-refractivity contribution in [2.75, 3.05) is 19.0 Å². The van der Waals surface area contributed by atoms with E-state index < -0.39 is 0 Å². The summed E-state index contributed by atoms with van der Waals surface area (Å²) in [4.78, 5) is 8.21. The zero-order chi connectivity index (χ0) is 12.3. The fraction of sp³-hybridized carbons (Fsp3) is 0.333. The molecule has 0 amide bonds. The third-order valence-corrected chi connectivity index (χ3v) is 2.40. The van der Waals surface area contributed by atoms with Crippen LogP contribution in [0.4, 0.5) is 10.2 Å². The number of aromatic nitrogens is 2. The molecule has 1 aromatic carbocycles. The molecule has 0 unspecified atom stereocenters. The van der Waals surface area contributed by atoms with Gasteiger partial charge in [0.05, 0.1) is 12.1 Å². The predicted octanol–water partition coefficient (Wildman–Crippen LogP) is 2.22. The summed E-state index contributed by atoms with van der Waals surface area (Å²) in [5.74, 6) is 0.328. The highest BCUT2D eigenvalue weighted by atomic mass is 19.1. The maximum atomic E-state index is 13.2. The Kier molecular flexibility index (Phi) is 3.49. The maximum absolute atomic E-state index is 13.2. The Morgan fingerprint density at radius 3 is 3.00 bits per heavy atom. The lowest BCUT2D eigenvalue weighted by Gasteiger charge is -2.14. The van der Waals surface area contributed by atoms with E-state index in [1.165, 1.54) is 18.5 Å². The Morgan fingerprint density at radius 1 is 1.41 bits per heavy atom. The van der Waals surface area contributed by atoms with Crippen LogP contribution in [-0.2, 0) is 4.74 Å². The van der Waals surface area contributed by atoms with Gasteiger partial charge < -0.3 is 10.1 Å². The molecule has 0 aliphatic rings. The molecule has 4 nitrogen and oxygen atoms in total. The first kappa shape index (κ1) is 11.7. The van der Waals surface area contributed by atoms with Gasteiger partial charge in [-0.3, -0.25) is 0 Å². The zero-order valence-electron chi connectivity index (χ0n) is 9.77. The van der Waals surface area contributed by atoms with Crippen molar-refractivity contribution in [3.8, 4) is 0 Å². The van der Waals surface area contributed by atoms with E-state index in [-0.39, 0.29) is 11.9 Å². The average Bonchev–Trinajstić information content (AvgIpc) is 2.30. The normalized spacial score (nSPS) is 12.6. The number of benzene rings is 1. The smallest absolute Gasteiger partial charge is 0.137 e. The fourth-order valence-corrected chi connectivity index (χ4v) is 1.67. The number of nitrogens with one attached hydrogen (secondary N) is 1. The third kappa shape index (κ3) is 2.68. The van der Waals surface area contributed by atoms with E-state index in [9.17, 15) is 4.39 Å². The van der Waals surface area contributed by atoms with E-state index >= 15 is 0 Å². The van der Waals surface area contributed by atoms with Crippen LogP contribution in [-0.4, -0.2) is 29.7 Å². The standard InChI is InChI=1S/C12H14FN3O/c1-8(6-17-2)16-12-10-5-9(13)3-4-11(10)14-7-15-12/h3-5,7-8H,6H2,1-2H3,(H,14,15,16)/t8-/m1/s1. The van der Waals surface area contributed by atoms with Crippen LogP contribution in [0.2, 0.25) is 0 Å². The molecule has 1 atom stereocenters. The lowest BCUT2D eigenvalue weighted by atomic mass is 10.2. The van der Waals surface area contributed by atoms with Crippen LogP contribution < -0.4 is 5.32 Å². The Bertz CT molecular complexity index is 518. The Balaban J connectivity index is 2.36. The average molecular weight is 235 g/mol. The molecule has 2 rings (SSSR count). The van der Waals surface area contributed by atoms with Crippen molar-refractivity contribution in [2.45, 2.75) is 13.0 Å². The van der Waals surface area contributed by atoms with Crippen LogP contribution in [0, 0.1) is 5.82 Å². The molecule has 5 heteroatoms. The van der Waals surface area contributed by atoms with Crippen molar-refractivity contribution < 1.29 is 9.13 Å². The molecule has 0 saturated heterocycles. The SMILES string of the molecule is COC[C@@H](C)Nc1ncnc2ccc(F)cc12. The summed E-state index contributed by atoms with van der Waals surface area (Å²) >= 11 is 0. The monoisotopic (exact) mass is 235 g/mol. The molecule has 0 aliphatic carbocycles. The highest BCUT2D eigenvalue weighted by Crippen LogP contribution is 2.20. The molecule has 0 saturated carbocycles. The lowest BCUT2D eigenvalue weighted by molar-refractivity contribution is 0.190. The van der Waals surface area contributed by atoms with Crippen molar-refractivity contribution >= 4 is 16.7 Å². The van der Waals surface area contributed by atoms with Crippen LogP contribution >= 0.6 is 0 Å². The Hall–Kier alpha value is -1.75. The molecule has 1 aromatic heterocycles. The van der Waals surface area contributed by atoms with E-state index in [1.807, 2.05) is 6.92 Å². The summed E-state index contributed by atoms with van der Waals surface area (Å²) in [6, 6.07) is 4.55. The van der Waals surface area contributed by atoms with Gasteiger partial charge in [-0.25, -0.2) is 14.4 Å². The lowest BCUT2D eigenvalue weighted by Crippen LogP contribution is -2.21. The number of anilines is 1. The fourth-order valence-electron chi connectivity index (χ4n) is 1.67. The second-order valence-electron chi connectivity index (χ2n) is 3.88. The van der Waals surface area contributed by atoms with Gasteiger partial charge in [-0.2, -0.15) is 0 Å². The first-order valence-electron chi connectivity index (χ1n) is 5.36. The van der Waals surface area contributed by atoms with Gasteiger partial charge in [0.1, 0.15) is 18.0 Å². The van der Waals surface area contributed by atoms with Crippen LogP contribution in [0.1, 0.15) is 6.92 Å². The van der Waals surface area contributed by atoms with E-state index in [1.54, 1.807) is 13.2 Å². The first-order valence-corrected chi connectivity index (χ1v) is 5.36. The van der Waals surface area contributed by atoms with Crippen molar-refractivity contribution in [3.05, 3.63) is 30.3 Å². The molecule has 90 valence electrons. The Labute approximate surface area is 98.8 Å². The summed E-state index contributed by atoms with van der Waals surface area (Å²) in [7, 11) is 1.63. The van der Waals surface area contributed by atoms with Crippen molar-refractivity contribution in [2.24, 2.45) is 0 Å². The summed E-state index contributed by atoms with van der Waals surface area (Å²) in [6.45, 7) is 2.53. The molecule has 0 bridgehead atoms. The largest absolute Gasteiger partial charge is 0.383 e. The minimum absolute atomic E-state index is 0.0985. The van der Waals surface area contributed by atoms with Crippen LogP contribution in [0.15, 0.2) is 24.5 Å². The Morgan fingerprint density at radius 2 is 2.24 bits per heavy atom. The zero-order valence-corrected chi connectivity index (χ0v) is 9.77. The number of methoxy groups -OCH3 is 1. The van der Waals surface area contributed by atoms with Gasteiger partial charge in [-0.15, -0.1) is 0 Å². The second kappa shape index (κ2) is 5.05. The predicted molar refractivity (Wildman–Crippen MR) is 64.5 cm³/mol. The van der Waals surface area contributed by atoms with E-state index in [0.717, 1.165) is 0 Å². The van der Waals surface area contributed by atoms with Gasteiger partial charge >= 0.3 is 0 Å². The van der Waals surface area contributed by atoms with E-state index in [4.69, 9.17) is 4.74 Å². The number of fused-ring (bicyclic) bond motifs is 1. The van der Waals surface area contributed by atoms with Crippen molar-refractivity contribution in [3.63, 3.8) is 0 Å². The molecule has 17 heavy (non-hydrogen) atoms. The van der Waals surface area contributed by atoms with Gasteiger partial charge in [0.2, 0.25) is 0 Å². The van der Waals surface area contributed by atoms with E-state index in [0.29, 0.717) is 23.3 Å². The summed E-state index contributed by atoms with van der Waals surface area (Å²) in [5.41, 5.74) is 0.716. The number of rotatable bonds is 4. The maximum Gasteiger partial charge on any atom is 0.137 e. The molecule has 1 heterocycles. The van der Waals surface area contributed by atoms with Crippen molar-refractivity contribution in [1.82, 2.24) is 9.97 Å². The molecule has 0 spiro atoms. The highest BCUT2D eigenvalue weighted by Gasteiger charge is 2.07. The third-order valence-electron chi connectivity index (χ3n) is 2.40. The minimum atomic E-state index is -0.297. The number of nitrogens with zero attached hydrogens (tertiary/aromatic N) is 2. The number of hydrogen-bond acceptors (Lipinski definition) is 4. The molecule has 1 N–H and O–H groups in total. The molecular weight excluding hydrogens is 221 g/mol. The van der Waals surface area contributed by atoms with E-state index in [2.05, 4.69) is 15.3 Å². The quantitative estimate of drug-likeness (QED) is 0.882. The van der Waals surface area contributed by atoms with Crippen LogP contribution in [0.5, 0.6) is 0 Å². The van der Waals surface area contributed by atoms with Crippen LogP contribution in [0.3, 0.4) is 0 Å². The summed E-state index contributed by atoms with van der Waals surface area (Å²) < 4.78 is 18.2. The van der Waals surface area contributed by atoms with Gasteiger partial charge in [0, 0.05) is 18.5 Å². The summed E-state index contributed by atoms with van der Waals surface area (Å²) in [5, 5.41) is 3.85. The second-order valence-corrected chi connectivity index (χ2v) is 3.88. The van der Waals surface area contributed by atoms with Gasteiger partial charge in [-0.1, -0.05) is 0 Å². The molecule has 2 aromatic rings. The molecular formula is C12H14FN3O. The number of halogens is 1. The van der Waals surface area contributed by atoms with Gasteiger partial charge in [-0.05, 0) is 25.1 Å². The highest BCUT2D eigenvalue weighted by molar-refractivity contribution is 5.88. The number of ether oxygens (including phenoxy) is 1. The first-order chi connectivity index (χ1) is 8.20. The van der Waals surface area contributed by atoms with Gasteiger partial charge in [0.15, 0.2) is 0 Å². The van der Waals surface area contributed by atoms with Crippen molar-refractivity contribution in [1.29, 1.82) is 0 Å². The van der Waals surface area contributed by atoms with Crippen LogP contribution in [0.25, 0.3) is 10.9 Å². The number of hydrogen-bond donors (Lipinski definition) is 1. The molecule has 0 fully saturated rings. The van der Waals surface area contributed by atoms with Gasteiger partial charge in [0.25, 0.3) is 0 Å². The molecule has 0 aliphatic heterocycles. The summed E-state index contributed by atoms with van der Waals surface area (Å²) in [6.07, 6.45) is 1.46. The minimum Gasteiger partial charge on any atom is -0.383 e. The molecule has 0 radical (unpaired) electrons. The topological polar surface area (TPSA) is 47.0 Å².